The van der Waals surface area contributed by atoms with E-state index in [1.807, 2.05) is 29.2 Å². The summed E-state index contributed by atoms with van der Waals surface area (Å²) in [5, 5.41) is 0. The Kier molecular flexibility index (Phi) is 4.07. The molecule has 1 fully saturated rings. The monoisotopic (exact) mass is 249 g/mol. The summed E-state index contributed by atoms with van der Waals surface area (Å²) in [6.07, 6.45) is 2.75. The topological polar surface area (TPSA) is 38.8 Å². The Hall–Kier alpha value is -1.71. The smallest absolute Gasteiger partial charge is 0.409 e. The maximum Gasteiger partial charge on any atom is 0.409 e. The number of nitrogens with zero attached hydrogens (tertiary/aromatic N) is 1. The molecular formula is C14H19NO3. The largest absolute Gasteiger partial charge is 0.497 e. The number of likely N-dealkylation sites (tertiary alicyclic amines) is 1. The molecular weight excluding hydrogens is 230 g/mol. The summed E-state index contributed by atoms with van der Waals surface area (Å²) < 4.78 is 9.94. The van der Waals surface area contributed by atoms with Crippen LogP contribution in [0.2, 0.25) is 0 Å². The maximum absolute atomic E-state index is 11.6. The highest BCUT2D eigenvalue weighted by molar-refractivity contribution is 5.68. The van der Waals surface area contributed by atoms with Crippen LogP contribution in [0, 0.1) is 0 Å². The van der Waals surface area contributed by atoms with Gasteiger partial charge in [-0.3, -0.25) is 0 Å². The molecule has 0 saturated carbocycles. The van der Waals surface area contributed by atoms with Gasteiger partial charge in [-0.1, -0.05) is 12.1 Å². The Labute approximate surface area is 107 Å². The maximum atomic E-state index is 11.6. The van der Waals surface area contributed by atoms with Crippen molar-refractivity contribution in [2.24, 2.45) is 0 Å². The average molecular weight is 249 g/mol. The molecule has 1 atom stereocenters. The molecule has 1 heterocycles. The standard InChI is InChI=1S/C14H19NO3/c1-17-13-7-5-11(6-8-13)10-12-4-3-9-15(12)14(16)18-2/h5-8,12H,3-4,9-10H2,1-2H3. The predicted octanol–water partition coefficient (Wildman–Crippen LogP) is 2.47. The highest BCUT2D eigenvalue weighted by Crippen LogP contribution is 2.22. The molecule has 0 spiro atoms. The number of rotatable bonds is 3. The quantitative estimate of drug-likeness (QED) is 0.826. The van der Waals surface area contributed by atoms with Gasteiger partial charge < -0.3 is 14.4 Å². The number of amides is 1. The second-order valence-corrected chi connectivity index (χ2v) is 4.51. The summed E-state index contributed by atoms with van der Waals surface area (Å²) in [5.41, 5.74) is 1.22. The van der Waals surface area contributed by atoms with Gasteiger partial charge in [-0.2, -0.15) is 0 Å². The summed E-state index contributed by atoms with van der Waals surface area (Å²) in [7, 11) is 3.09. The summed E-state index contributed by atoms with van der Waals surface area (Å²) >= 11 is 0. The van der Waals surface area contributed by atoms with Crippen LogP contribution in [-0.2, 0) is 11.2 Å². The lowest BCUT2D eigenvalue weighted by molar-refractivity contribution is 0.119. The molecule has 0 bridgehead atoms. The Morgan fingerprint density at radius 3 is 2.67 bits per heavy atom. The van der Waals surface area contributed by atoms with Gasteiger partial charge in [0.25, 0.3) is 0 Å². The van der Waals surface area contributed by atoms with Crippen LogP contribution in [0.3, 0.4) is 0 Å². The Bertz CT molecular complexity index is 402. The first-order valence-electron chi connectivity index (χ1n) is 6.22. The summed E-state index contributed by atoms with van der Waals surface area (Å²) in [4.78, 5) is 13.4. The summed E-state index contributed by atoms with van der Waals surface area (Å²) in [6, 6.07) is 8.25. The third-order valence-electron chi connectivity index (χ3n) is 3.42. The fraction of sp³-hybridized carbons (Fsp3) is 0.500. The van der Waals surface area contributed by atoms with Crippen LogP contribution < -0.4 is 4.74 Å². The Morgan fingerprint density at radius 2 is 2.06 bits per heavy atom. The first kappa shape index (κ1) is 12.7. The van der Waals surface area contributed by atoms with Crippen LogP contribution in [0.15, 0.2) is 24.3 Å². The van der Waals surface area contributed by atoms with Crippen LogP contribution in [-0.4, -0.2) is 37.8 Å². The van der Waals surface area contributed by atoms with E-state index in [2.05, 4.69) is 0 Å². The van der Waals surface area contributed by atoms with E-state index >= 15 is 0 Å². The molecule has 2 rings (SSSR count). The molecule has 18 heavy (non-hydrogen) atoms. The fourth-order valence-corrected chi connectivity index (χ4v) is 2.44. The third-order valence-corrected chi connectivity index (χ3v) is 3.42. The molecule has 1 aromatic rings. The molecule has 1 saturated heterocycles. The van der Waals surface area contributed by atoms with Crippen molar-refractivity contribution in [1.29, 1.82) is 0 Å². The SMILES string of the molecule is COC(=O)N1CCCC1Cc1ccc(OC)cc1. The van der Waals surface area contributed by atoms with Crippen LogP contribution in [0.5, 0.6) is 5.75 Å². The van der Waals surface area contributed by atoms with Crippen molar-refractivity contribution in [3.63, 3.8) is 0 Å². The van der Waals surface area contributed by atoms with Gasteiger partial charge in [0.05, 0.1) is 14.2 Å². The van der Waals surface area contributed by atoms with Crippen molar-refractivity contribution in [2.75, 3.05) is 20.8 Å². The average Bonchev–Trinajstić information content (AvgIpc) is 2.87. The molecule has 1 amide bonds. The molecule has 0 aliphatic carbocycles. The highest BCUT2D eigenvalue weighted by Gasteiger charge is 2.29. The van der Waals surface area contributed by atoms with Crippen molar-refractivity contribution in [3.8, 4) is 5.75 Å². The molecule has 0 aromatic heterocycles. The van der Waals surface area contributed by atoms with E-state index < -0.39 is 0 Å². The fourth-order valence-electron chi connectivity index (χ4n) is 2.44. The minimum atomic E-state index is -0.217. The predicted molar refractivity (Wildman–Crippen MR) is 68.8 cm³/mol. The minimum Gasteiger partial charge on any atom is -0.497 e. The molecule has 1 aromatic carbocycles. The lowest BCUT2D eigenvalue weighted by atomic mass is 10.0. The molecule has 1 aliphatic heterocycles. The molecule has 4 heteroatoms. The van der Waals surface area contributed by atoms with Gasteiger partial charge in [0.15, 0.2) is 0 Å². The highest BCUT2D eigenvalue weighted by atomic mass is 16.5. The molecule has 4 nitrogen and oxygen atoms in total. The van der Waals surface area contributed by atoms with E-state index in [4.69, 9.17) is 9.47 Å². The second kappa shape index (κ2) is 5.76. The van der Waals surface area contributed by atoms with Crippen molar-refractivity contribution >= 4 is 6.09 Å². The zero-order chi connectivity index (χ0) is 13.0. The lowest BCUT2D eigenvalue weighted by Gasteiger charge is -2.23. The van der Waals surface area contributed by atoms with Gasteiger partial charge in [0.1, 0.15) is 5.75 Å². The number of benzene rings is 1. The number of carbonyl (C=O) groups is 1. The van der Waals surface area contributed by atoms with Crippen LogP contribution in [0.4, 0.5) is 4.79 Å². The third kappa shape index (κ3) is 2.75. The second-order valence-electron chi connectivity index (χ2n) is 4.51. The number of hydrogen-bond acceptors (Lipinski definition) is 3. The lowest BCUT2D eigenvalue weighted by Crippen LogP contribution is -2.36. The summed E-state index contributed by atoms with van der Waals surface area (Å²) in [6.45, 7) is 0.799. The Balaban J connectivity index is 2.01. The van der Waals surface area contributed by atoms with Crippen molar-refractivity contribution in [3.05, 3.63) is 29.8 Å². The van der Waals surface area contributed by atoms with Gasteiger partial charge in [-0.05, 0) is 37.0 Å². The number of hydrogen-bond donors (Lipinski definition) is 0. The van der Waals surface area contributed by atoms with Gasteiger partial charge in [-0.15, -0.1) is 0 Å². The zero-order valence-electron chi connectivity index (χ0n) is 10.9. The normalized spacial score (nSPS) is 18.8. The van der Waals surface area contributed by atoms with Gasteiger partial charge in [-0.25, -0.2) is 4.79 Å². The molecule has 1 aliphatic rings. The van der Waals surface area contributed by atoms with E-state index in [1.165, 1.54) is 12.7 Å². The van der Waals surface area contributed by atoms with E-state index in [1.54, 1.807) is 7.11 Å². The molecule has 0 N–H and O–H groups in total. The van der Waals surface area contributed by atoms with Crippen LogP contribution in [0.1, 0.15) is 18.4 Å². The van der Waals surface area contributed by atoms with E-state index in [0.29, 0.717) is 0 Å². The van der Waals surface area contributed by atoms with Gasteiger partial charge in [0, 0.05) is 12.6 Å². The molecule has 1 unspecified atom stereocenters. The van der Waals surface area contributed by atoms with Gasteiger partial charge >= 0.3 is 6.09 Å². The minimum absolute atomic E-state index is 0.217. The first-order valence-corrected chi connectivity index (χ1v) is 6.22. The number of carbonyl (C=O) groups excluding carboxylic acids is 1. The first-order chi connectivity index (χ1) is 8.74. The van der Waals surface area contributed by atoms with Crippen LogP contribution in [0.25, 0.3) is 0 Å². The van der Waals surface area contributed by atoms with Crippen molar-refractivity contribution in [1.82, 2.24) is 4.90 Å². The van der Waals surface area contributed by atoms with E-state index in [0.717, 1.165) is 31.6 Å². The zero-order valence-corrected chi connectivity index (χ0v) is 10.9. The molecule has 98 valence electrons. The summed E-state index contributed by atoms with van der Waals surface area (Å²) in [5.74, 6) is 0.856. The van der Waals surface area contributed by atoms with Gasteiger partial charge in [0.2, 0.25) is 0 Å². The molecule has 0 radical (unpaired) electrons. The van der Waals surface area contributed by atoms with Crippen LogP contribution >= 0.6 is 0 Å². The number of ether oxygens (including phenoxy) is 2. The van der Waals surface area contributed by atoms with Crippen molar-refractivity contribution < 1.29 is 14.3 Å². The Morgan fingerprint density at radius 1 is 1.33 bits per heavy atom. The number of methoxy groups -OCH3 is 2. The van der Waals surface area contributed by atoms with E-state index in [-0.39, 0.29) is 12.1 Å². The van der Waals surface area contributed by atoms with Crippen molar-refractivity contribution in [2.45, 2.75) is 25.3 Å². The van der Waals surface area contributed by atoms with E-state index in [9.17, 15) is 4.79 Å².